The molecular formula is C36H26N2. The lowest BCUT2D eigenvalue weighted by Gasteiger charge is -2.28. The Morgan fingerprint density at radius 2 is 1.11 bits per heavy atom. The maximum Gasteiger partial charge on any atom is 0.0629 e. The quantitative estimate of drug-likeness (QED) is 0.242. The fourth-order valence-electron chi connectivity index (χ4n) is 6.41. The first-order valence-corrected chi connectivity index (χ1v) is 13.3. The molecule has 0 N–H and O–H groups in total. The third kappa shape index (κ3) is 3.13. The van der Waals surface area contributed by atoms with Crippen LogP contribution in [-0.4, -0.2) is 10.6 Å². The molecule has 0 saturated carbocycles. The second-order valence-electron chi connectivity index (χ2n) is 10.2. The zero-order valence-electron chi connectivity index (χ0n) is 20.9. The Balaban J connectivity index is 1.27. The highest BCUT2D eigenvalue weighted by Gasteiger charge is 2.37. The number of hydrogen-bond donors (Lipinski definition) is 0. The third-order valence-electron chi connectivity index (χ3n) is 8.12. The molecule has 0 bridgehead atoms. The Labute approximate surface area is 222 Å². The van der Waals surface area contributed by atoms with Gasteiger partial charge in [0.05, 0.1) is 17.1 Å². The van der Waals surface area contributed by atoms with Crippen molar-refractivity contribution in [1.29, 1.82) is 0 Å². The van der Waals surface area contributed by atoms with Crippen LogP contribution in [0.2, 0.25) is 0 Å². The molecule has 0 saturated heterocycles. The summed E-state index contributed by atoms with van der Waals surface area (Å²) in [5, 5.41) is 2.59. The number of rotatable bonds is 3. The fourth-order valence-corrected chi connectivity index (χ4v) is 6.41. The normalized spacial score (nSPS) is 17.7. The smallest absolute Gasteiger partial charge is 0.0629 e. The van der Waals surface area contributed by atoms with Gasteiger partial charge in [-0.2, -0.15) is 0 Å². The lowest BCUT2D eigenvalue weighted by atomic mass is 9.91. The molecule has 2 heterocycles. The fraction of sp³-hybridized carbons (Fsp3) is 0.0556. The van der Waals surface area contributed by atoms with E-state index in [-0.39, 0.29) is 6.04 Å². The molecule has 8 rings (SSSR count). The zero-order valence-corrected chi connectivity index (χ0v) is 20.9. The number of fused-ring (bicyclic) bond motifs is 6. The third-order valence-corrected chi connectivity index (χ3v) is 8.12. The molecule has 2 nitrogen and oxygen atoms in total. The van der Waals surface area contributed by atoms with Gasteiger partial charge < -0.3 is 9.47 Å². The lowest BCUT2D eigenvalue weighted by molar-refractivity contribution is 0.744. The molecule has 5 aromatic carbocycles. The SMILES string of the molecule is C1=CC2c3cc(-n4c5ccccc5c5ccccc54)ccc3N(c3ccc(-c4ccccc4)cc3)[C@@H]2C=C1. The first kappa shape index (κ1) is 21.3. The Kier molecular flexibility index (Phi) is 4.68. The van der Waals surface area contributed by atoms with Crippen molar-refractivity contribution in [2.75, 3.05) is 4.90 Å². The van der Waals surface area contributed by atoms with E-state index in [0.29, 0.717) is 5.92 Å². The Morgan fingerprint density at radius 3 is 1.84 bits per heavy atom. The minimum Gasteiger partial charge on any atom is -0.333 e. The number of allylic oxidation sites excluding steroid dienone is 2. The van der Waals surface area contributed by atoms with Gasteiger partial charge in [0.15, 0.2) is 0 Å². The molecule has 0 fully saturated rings. The van der Waals surface area contributed by atoms with E-state index in [1.165, 1.54) is 55.6 Å². The highest BCUT2D eigenvalue weighted by molar-refractivity contribution is 6.09. The molecule has 0 radical (unpaired) electrons. The van der Waals surface area contributed by atoms with E-state index in [2.05, 4.69) is 155 Å². The highest BCUT2D eigenvalue weighted by atomic mass is 15.2. The van der Waals surface area contributed by atoms with Crippen LogP contribution >= 0.6 is 0 Å². The van der Waals surface area contributed by atoms with E-state index in [9.17, 15) is 0 Å². The first-order chi connectivity index (χ1) is 18.9. The van der Waals surface area contributed by atoms with Gasteiger partial charge in [0.2, 0.25) is 0 Å². The van der Waals surface area contributed by atoms with Crippen LogP contribution in [0.15, 0.2) is 146 Å². The van der Waals surface area contributed by atoms with Gasteiger partial charge in [-0.15, -0.1) is 0 Å². The van der Waals surface area contributed by atoms with Crippen molar-refractivity contribution in [2.45, 2.75) is 12.0 Å². The summed E-state index contributed by atoms with van der Waals surface area (Å²) in [7, 11) is 0. The average molecular weight is 487 g/mol. The summed E-state index contributed by atoms with van der Waals surface area (Å²) in [6, 6.07) is 44.3. The summed E-state index contributed by atoms with van der Waals surface area (Å²) in [6.07, 6.45) is 9.08. The number of para-hydroxylation sites is 2. The van der Waals surface area contributed by atoms with Crippen molar-refractivity contribution in [3.05, 3.63) is 151 Å². The second kappa shape index (κ2) is 8.36. The number of benzene rings is 5. The van der Waals surface area contributed by atoms with Crippen molar-refractivity contribution in [3.63, 3.8) is 0 Å². The summed E-state index contributed by atoms with van der Waals surface area (Å²) < 4.78 is 2.42. The summed E-state index contributed by atoms with van der Waals surface area (Å²) >= 11 is 0. The van der Waals surface area contributed by atoms with Gasteiger partial charge in [0.25, 0.3) is 0 Å². The minimum atomic E-state index is 0.269. The topological polar surface area (TPSA) is 8.17 Å². The van der Waals surface area contributed by atoms with Crippen molar-refractivity contribution < 1.29 is 0 Å². The maximum atomic E-state index is 2.50. The molecule has 0 amide bonds. The van der Waals surface area contributed by atoms with Crippen LogP contribution in [0.3, 0.4) is 0 Å². The van der Waals surface area contributed by atoms with E-state index >= 15 is 0 Å². The molecule has 2 aliphatic rings. The molecule has 2 atom stereocenters. The molecule has 1 aromatic heterocycles. The van der Waals surface area contributed by atoms with Crippen LogP contribution in [0.5, 0.6) is 0 Å². The lowest BCUT2D eigenvalue weighted by Crippen LogP contribution is -2.28. The van der Waals surface area contributed by atoms with E-state index in [0.717, 1.165) is 0 Å². The molecule has 6 aromatic rings. The van der Waals surface area contributed by atoms with Crippen molar-refractivity contribution >= 4 is 33.2 Å². The van der Waals surface area contributed by atoms with Crippen molar-refractivity contribution in [2.24, 2.45) is 0 Å². The first-order valence-electron chi connectivity index (χ1n) is 13.3. The summed E-state index contributed by atoms with van der Waals surface area (Å²) in [5.41, 5.74) is 10.1. The monoisotopic (exact) mass is 486 g/mol. The maximum absolute atomic E-state index is 2.50. The summed E-state index contributed by atoms with van der Waals surface area (Å²) in [6.45, 7) is 0. The zero-order chi connectivity index (χ0) is 25.1. The van der Waals surface area contributed by atoms with Crippen LogP contribution in [-0.2, 0) is 0 Å². The van der Waals surface area contributed by atoms with Gasteiger partial charge in [0, 0.05) is 33.8 Å². The number of aromatic nitrogens is 1. The number of anilines is 2. The Hall–Kier alpha value is -4.82. The van der Waals surface area contributed by atoms with Crippen LogP contribution in [0.25, 0.3) is 38.6 Å². The molecule has 1 aliphatic carbocycles. The van der Waals surface area contributed by atoms with Crippen molar-refractivity contribution in [3.8, 4) is 16.8 Å². The second-order valence-corrected chi connectivity index (χ2v) is 10.2. The van der Waals surface area contributed by atoms with Gasteiger partial charge in [-0.1, -0.05) is 103 Å². The van der Waals surface area contributed by atoms with Crippen LogP contribution in [0.4, 0.5) is 11.4 Å². The largest absolute Gasteiger partial charge is 0.333 e. The predicted octanol–water partition coefficient (Wildman–Crippen LogP) is 9.18. The van der Waals surface area contributed by atoms with Crippen LogP contribution < -0.4 is 4.90 Å². The van der Waals surface area contributed by atoms with Gasteiger partial charge >= 0.3 is 0 Å². The van der Waals surface area contributed by atoms with E-state index in [1.807, 2.05) is 0 Å². The molecule has 1 aliphatic heterocycles. The van der Waals surface area contributed by atoms with Gasteiger partial charge in [0.1, 0.15) is 0 Å². The number of hydrogen-bond acceptors (Lipinski definition) is 1. The standard InChI is InChI=1S/C36H26N2/c1-2-10-25(11-3-1)26-18-20-27(21-19-26)37-35-17-9-6-14-31(35)32-24-28(22-23-36(32)37)38-33-15-7-4-12-29(33)30-13-5-8-16-34(30)38/h1-24,31,35H/t31?,35-/m1/s1. The minimum absolute atomic E-state index is 0.269. The van der Waals surface area contributed by atoms with Gasteiger partial charge in [-0.25, -0.2) is 0 Å². The van der Waals surface area contributed by atoms with Gasteiger partial charge in [-0.3, -0.25) is 0 Å². The summed E-state index contributed by atoms with van der Waals surface area (Å²) in [5.74, 6) is 0.317. The Morgan fingerprint density at radius 1 is 0.500 bits per heavy atom. The number of nitrogens with zero attached hydrogens (tertiary/aromatic N) is 2. The molecule has 0 spiro atoms. The predicted molar refractivity (Wildman–Crippen MR) is 160 cm³/mol. The van der Waals surface area contributed by atoms with E-state index in [4.69, 9.17) is 0 Å². The molecule has 180 valence electrons. The van der Waals surface area contributed by atoms with E-state index in [1.54, 1.807) is 0 Å². The molecular weight excluding hydrogens is 460 g/mol. The van der Waals surface area contributed by atoms with Crippen LogP contribution in [0, 0.1) is 0 Å². The molecule has 2 heteroatoms. The van der Waals surface area contributed by atoms with E-state index < -0.39 is 0 Å². The van der Waals surface area contributed by atoms with Gasteiger partial charge in [-0.05, 0) is 59.2 Å². The average Bonchev–Trinajstić information content (AvgIpc) is 3.50. The molecule has 1 unspecified atom stereocenters. The van der Waals surface area contributed by atoms with Crippen LogP contribution in [0.1, 0.15) is 11.5 Å². The van der Waals surface area contributed by atoms with Crippen molar-refractivity contribution in [1.82, 2.24) is 4.57 Å². The highest BCUT2D eigenvalue weighted by Crippen LogP contribution is 2.49. The molecule has 38 heavy (non-hydrogen) atoms. The Bertz CT molecular complexity index is 1820. The summed E-state index contributed by atoms with van der Waals surface area (Å²) in [4.78, 5) is 2.50.